The number of aryl methyl sites for hydroxylation is 2. The van der Waals surface area contributed by atoms with Crippen LogP contribution in [-0.4, -0.2) is 56.4 Å². The van der Waals surface area contributed by atoms with E-state index >= 15 is 0 Å². The van der Waals surface area contributed by atoms with Gasteiger partial charge in [-0.2, -0.15) is 0 Å². The summed E-state index contributed by atoms with van der Waals surface area (Å²) in [6.07, 6.45) is 3.36. The number of hydrogen-bond donors (Lipinski definition) is 2. The molecule has 158 valence electrons. The van der Waals surface area contributed by atoms with E-state index in [1.165, 1.54) is 24.0 Å². The number of aliphatic imine (C=N–C) groups is 1. The molecule has 7 nitrogen and oxygen atoms in total. The fourth-order valence-electron chi connectivity index (χ4n) is 3.94. The van der Waals surface area contributed by atoms with Crippen molar-refractivity contribution in [2.75, 3.05) is 40.3 Å². The Hall–Kier alpha value is -2.54. The van der Waals surface area contributed by atoms with Gasteiger partial charge in [-0.3, -0.25) is 9.89 Å². The molecular weight excluding hydrogens is 366 g/mol. The molecule has 1 aliphatic rings. The molecule has 1 saturated heterocycles. The Morgan fingerprint density at radius 1 is 1.28 bits per heavy atom. The topological polar surface area (TPSA) is 74.9 Å². The van der Waals surface area contributed by atoms with Crippen LogP contribution in [0.2, 0.25) is 0 Å². The fourth-order valence-corrected chi connectivity index (χ4v) is 3.94. The minimum atomic E-state index is 0.286. The van der Waals surface area contributed by atoms with E-state index in [2.05, 4.69) is 43.9 Å². The molecule has 0 bridgehead atoms. The largest absolute Gasteiger partial charge is 0.497 e. The van der Waals surface area contributed by atoms with Gasteiger partial charge in [-0.25, -0.2) is 0 Å². The lowest BCUT2D eigenvalue weighted by Gasteiger charge is -2.29. The van der Waals surface area contributed by atoms with Crippen molar-refractivity contribution < 1.29 is 9.26 Å². The highest BCUT2D eigenvalue weighted by molar-refractivity contribution is 5.79. The van der Waals surface area contributed by atoms with E-state index in [1.54, 1.807) is 7.11 Å². The summed E-state index contributed by atoms with van der Waals surface area (Å²) in [4.78, 5) is 6.93. The van der Waals surface area contributed by atoms with Crippen LogP contribution < -0.4 is 15.4 Å². The summed E-state index contributed by atoms with van der Waals surface area (Å²) in [5, 5.41) is 10.9. The maximum atomic E-state index is 5.43. The van der Waals surface area contributed by atoms with Gasteiger partial charge in [0.15, 0.2) is 5.96 Å². The number of likely N-dealkylation sites (tertiary alicyclic amines) is 1. The van der Waals surface area contributed by atoms with E-state index in [-0.39, 0.29) is 6.04 Å². The maximum absolute atomic E-state index is 5.43. The number of benzene rings is 1. The van der Waals surface area contributed by atoms with Crippen molar-refractivity contribution in [3.8, 4) is 5.75 Å². The van der Waals surface area contributed by atoms with Crippen molar-refractivity contribution in [3.63, 3.8) is 0 Å². The van der Waals surface area contributed by atoms with Crippen molar-refractivity contribution in [1.82, 2.24) is 20.7 Å². The van der Waals surface area contributed by atoms with Gasteiger partial charge in [-0.15, -0.1) is 0 Å². The highest BCUT2D eigenvalue weighted by Crippen LogP contribution is 2.27. The number of methoxy groups -OCH3 is 1. The number of aromatic nitrogens is 1. The lowest BCUT2D eigenvalue weighted by molar-refractivity contribution is 0.245. The molecule has 1 aromatic heterocycles. The van der Waals surface area contributed by atoms with Crippen LogP contribution in [-0.2, 0) is 6.42 Å². The molecule has 1 fully saturated rings. The Balaban J connectivity index is 1.59. The van der Waals surface area contributed by atoms with Crippen LogP contribution in [0.3, 0.4) is 0 Å². The quantitative estimate of drug-likeness (QED) is 0.525. The zero-order valence-electron chi connectivity index (χ0n) is 18.0. The first kappa shape index (κ1) is 21.2. The average Bonchev–Trinajstić information content (AvgIpc) is 3.38. The molecular formula is C22H33N5O2. The molecule has 0 aliphatic carbocycles. The maximum Gasteiger partial charge on any atom is 0.191 e. The van der Waals surface area contributed by atoms with Crippen LogP contribution >= 0.6 is 0 Å². The van der Waals surface area contributed by atoms with Gasteiger partial charge >= 0.3 is 0 Å². The summed E-state index contributed by atoms with van der Waals surface area (Å²) in [6.45, 7) is 7.75. The molecule has 2 heterocycles. The minimum absolute atomic E-state index is 0.286. The third kappa shape index (κ3) is 5.50. The zero-order valence-corrected chi connectivity index (χ0v) is 18.0. The van der Waals surface area contributed by atoms with Gasteiger partial charge in [0.05, 0.1) is 18.8 Å². The molecule has 1 unspecified atom stereocenters. The Bertz CT molecular complexity index is 792. The third-order valence-electron chi connectivity index (χ3n) is 5.60. The van der Waals surface area contributed by atoms with Gasteiger partial charge in [-0.05, 0) is 63.9 Å². The lowest BCUT2D eigenvalue weighted by atomic mass is 10.1. The van der Waals surface area contributed by atoms with Crippen LogP contribution in [0.15, 0.2) is 33.8 Å². The van der Waals surface area contributed by atoms with E-state index < -0.39 is 0 Å². The van der Waals surface area contributed by atoms with Crippen LogP contribution in [0.4, 0.5) is 0 Å². The summed E-state index contributed by atoms with van der Waals surface area (Å²) in [6, 6.07) is 8.66. The zero-order chi connectivity index (χ0) is 20.6. The molecule has 0 radical (unpaired) electrons. The normalized spacial score (nSPS) is 16.1. The molecule has 0 saturated carbocycles. The highest BCUT2D eigenvalue weighted by Gasteiger charge is 2.24. The third-order valence-corrected chi connectivity index (χ3v) is 5.60. The minimum Gasteiger partial charge on any atom is -0.497 e. The van der Waals surface area contributed by atoms with Crippen molar-refractivity contribution in [3.05, 3.63) is 46.8 Å². The molecule has 1 aromatic carbocycles. The highest BCUT2D eigenvalue weighted by atomic mass is 16.5. The summed E-state index contributed by atoms with van der Waals surface area (Å²) in [7, 11) is 3.52. The Morgan fingerprint density at radius 2 is 2.07 bits per heavy atom. The second-order valence-electron chi connectivity index (χ2n) is 7.47. The number of guanidine groups is 1. The van der Waals surface area contributed by atoms with Gasteiger partial charge in [0.2, 0.25) is 0 Å². The predicted octanol–water partition coefficient (Wildman–Crippen LogP) is 2.84. The Morgan fingerprint density at radius 3 is 2.72 bits per heavy atom. The van der Waals surface area contributed by atoms with Crippen LogP contribution in [0, 0.1) is 13.8 Å². The Kier molecular flexibility index (Phi) is 7.52. The number of nitrogens with one attached hydrogen (secondary N) is 2. The number of hydrogen-bond acceptors (Lipinski definition) is 5. The second kappa shape index (κ2) is 10.3. The van der Waals surface area contributed by atoms with Gasteiger partial charge in [0, 0.05) is 25.7 Å². The molecule has 0 amide bonds. The van der Waals surface area contributed by atoms with Crippen LogP contribution in [0.5, 0.6) is 5.75 Å². The summed E-state index contributed by atoms with van der Waals surface area (Å²) in [5.74, 6) is 2.59. The number of nitrogens with zero attached hydrogens (tertiary/aromatic N) is 3. The van der Waals surface area contributed by atoms with E-state index in [9.17, 15) is 0 Å². The standard InChI is InChI=1S/C22H33N5O2/c1-16-20(17(2)29-26-16)10-11-24-22(23-3)25-15-21(27-12-5-6-13-27)18-8-7-9-19(14-18)28-4/h7-9,14,21H,5-6,10-13,15H2,1-4H3,(H2,23,24,25). The predicted molar refractivity (Wildman–Crippen MR) is 116 cm³/mol. The van der Waals surface area contributed by atoms with E-state index in [0.717, 1.165) is 55.8 Å². The monoisotopic (exact) mass is 399 g/mol. The summed E-state index contributed by atoms with van der Waals surface area (Å²) < 4.78 is 10.7. The SMILES string of the molecule is CN=C(NCCc1c(C)noc1C)NCC(c1cccc(OC)c1)N1CCCC1. The number of rotatable bonds is 8. The van der Waals surface area contributed by atoms with Gasteiger partial charge < -0.3 is 19.9 Å². The van der Waals surface area contributed by atoms with Crippen molar-refractivity contribution in [1.29, 1.82) is 0 Å². The summed E-state index contributed by atoms with van der Waals surface area (Å²) >= 11 is 0. The molecule has 29 heavy (non-hydrogen) atoms. The van der Waals surface area contributed by atoms with Crippen molar-refractivity contribution in [2.45, 2.75) is 39.2 Å². The molecule has 3 rings (SSSR count). The molecule has 0 spiro atoms. The number of ether oxygens (including phenoxy) is 1. The van der Waals surface area contributed by atoms with Crippen molar-refractivity contribution in [2.24, 2.45) is 4.99 Å². The average molecular weight is 400 g/mol. The molecule has 7 heteroatoms. The van der Waals surface area contributed by atoms with Gasteiger partial charge in [0.25, 0.3) is 0 Å². The molecule has 1 aliphatic heterocycles. The van der Waals surface area contributed by atoms with Gasteiger partial charge in [0.1, 0.15) is 11.5 Å². The van der Waals surface area contributed by atoms with Crippen molar-refractivity contribution >= 4 is 5.96 Å². The molecule has 2 aromatic rings. The first-order valence-electron chi connectivity index (χ1n) is 10.4. The van der Waals surface area contributed by atoms with Crippen LogP contribution in [0.1, 0.15) is 41.5 Å². The smallest absolute Gasteiger partial charge is 0.191 e. The van der Waals surface area contributed by atoms with E-state index in [0.29, 0.717) is 0 Å². The van der Waals surface area contributed by atoms with Gasteiger partial charge in [-0.1, -0.05) is 17.3 Å². The Labute approximate surface area is 173 Å². The molecule has 2 N–H and O–H groups in total. The fraction of sp³-hybridized carbons (Fsp3) is 0.545. The first-order valence-corrected chi connectivity index (χ1v) is 10.4. The van der Waals surface area contributed by atoms with E-state index in [4.69, 9.17) is 9.26 Å². The molecule has 1 atom stereocenters. The lowest BCUT2D eigenvalue weighted by Crippen LogP contribution is -2.43. The van der Waals surface area contributed by atoms with E-state index in [1.807, 2.05) is 27.0 Å². The first-order chi connectivity index (χ1) is 14.1. The summed E-state index contributed by atoms with van der Waals surface area (Å²) in [5.41, 5.74) is 3.39. The van der Waals surface area contributed by atoms with Crippen LogP contribution in [0.25, 0.3) is 0 Å². The second-order valence-corrected chi connectivity index (χ2v) is 7.47.